The molecule has 0 radical (unpaired) electrons. The van der Waals surface area contributed by atoms with E-state index in [1.807, 2.05) is 72.8 Å². The Hall–Kier alpha value is -4.19. The fourth-order valence-electron chi connectivity index (χ4n) is 4.66. The third-order valence-corrected chi connectivity index (χ3v) is 7.17. The van der Waals surface area contributed by atoms with Gasteiger partial charge in [0, 0.05) is 17.2 Å². The second-order valence-electron chi connectivity index (χ2n) is 8.57. The maximum absolute atomic E-state index is 15.8. The molecule has 0 spiro atoms. The molecule has 0 saturated heterocycles. The van der Waals surface area contributed by atoms with Crippen LogP contribution in [0.25, 0.3) is 22.3 Å². The van der Waals surface area contributed by atoms with E-state index < -0.39 is 5.82 Å². The Morgan fingerprint density at radius 2 is 1.27 bits per heavy atom. The maximum atomic E-state index is 15.8. The van der Waals surface area contributed by atoms with E-state index in [0.717, 1.165) is 16.7 Å². The Morgan fingerprint density at radius 3 is 2.00 bits per heavy atom. The SMILES string of the molecule is Fc1c2c(cc3c1=Nc1ccccc1O3)=Nc1c(c(Cl)c(Cl)c(-c3ccccc3)c1-c1ccccc1)O2. The maximum Gasteiger partial charge on any atom is 0.197 e. The summed E-state index contributed by atoms with van der Waals surface area (Å²) in [6.07, 6.45) is 0. The first kappa shape index (κ1) is 22.0. The zero-order valence-electron chi connectivity index (χ0n) is 19.0. The van der Waals surface area contributed by atoms with Gasteiger partial charge in [0.05, 0.1) is 5.02 Å². The van der Waals surface area contributed by atoms with E-state index in [0.29, 0.717) is 27.7 Å². The van der Waals surface area contributed by atoms with Gasteiger partial charge in [-0.15, -0.1) is 0 Å². The molecule has 5 aromatic carbocycles. The van der Waals surface area contributed by atoms with Crippen molar-refractivity contribution in [3.63, 3.8) is 0 Å². The van der Waals surface area contributed by atoms with Gasteiger partial charge in [-0.1, -0.05) is 96.0 Å². The largest absolute Gasteiger partial charge is 0.453 e. The molecule has 0 atom stereocenters. The Labute approximate surface area is 220 Å². The average molecular weight is 525 g/mol. The third-order valence-electron chi connectivity index (χ3n) is 6.33. The molecule has 0 fully saturated rings. The Bertz CT molecular complexity index is 1860. The number of fused-ring (bicyclic) bond motifs is 4. The third kappa shape index (κ3) is 3.43. The molecular weight excluding hydrogens is 510 g/mol. The molecule has 0 N–H and O–H groups in total. The molecule has 0 amide bonds. The van der Waals surface area contributed by atoms with E-state index in [9.17, 15) is 0 Å². The van der Waals surface area contributed by atoms with Crippen molar-refractivity contribution in [1.82, 2.24) is 0 Å². The van der Waals surface area contributed by atoms with E-state index in [1.54, 1.807) is 18.2 Å². The van der Waals surface area contributed by atoms with Gasteiger partial charge in [0.25, 0.3) is 0 Å². The van der Waals surface area contributed by atoms with Crippen molar-refractivity contribution in [2.75, 3.05) is 0 Å². The van der Waals surface area contributed by atoms with Gasteiger partial charge in [0.1, 0.15) is 27.1 Å². The average Bonchev–Trinajstić information content (AvgIpc) is 2.94. The summed E-state index contributed by atoms with van der Waals surface area (Å²) in [4.78, 5) is 9.32. The molecule has 37 heavy (non-hydrogen) atoms. The van der Waals surface area contributed by atoms with Crippen LogP contribution in [0.3, 0.4) is 0 Å². The molecule has 2 aliphatic rings. The van der Waals surface area contributed by atoms with Crippen molar-refractivity contribution in [1.29, 1.82) is 0 Å². The summed E-state index contributed by atoms with van der Waals surface area (Å²) >= 11 is 13.6. The van der Waals surface area contributed by atoms with Gasteiger partial charge in [-0.2, -0.15) is 0 Å². The quantitative estimate of drug-likeness (QED) is 0.227. The zero-order valence-corrected chi connectivity index (χ0v) is 20.5. The van der Waals surface area contributed by atoms with Crippen LogP contribution in [-0.2, 0) is 0 Å². The lowest BCUT2D eigenvalue weighted by Gasteiger charge is -2.24. The number of hydrogen-bond donors (Lipinski definition) is 0. The molecule has 4 nitrogen and oxygen atoms in total. The van der Waals surface area contributed by atoms with Crippen LogP contribution in [0.15, 0.2) is 101 Å². The molecule has 2 aliphatic heterocycles. The molecule has 2 heterocycles. The topological polar surface area (TPSA) is 43.2 Å². The summed E-state index contributed by atoms with van der Waals surface area (Å²) in [5.41, 5.74) is 4.17. The normalized spacial score (nSPS) is 12.5. The molecular formula is C30H15Cl2FN2O2. The minimum Gasteiger partial charge on any atom is -0.453 e. The van der Waals surface area contributed by atoms with E-state index in [-0.39, 0.29) is 33.0 Å². The number of nitrogens with zero attached hydrogens (tertiary/aromatic N) is 2. The summed E-state index contributed by atoms with van der Waals surface area (Å²) in [6.45, 7) is 0. The van der Waals surface area contributed by atoms with Crippen LogP contribution in [0, 0.1) is 5.82 Å². The first-order valence-electron chi connectivity index (χ1n) is 11.5. The van der Waals surface area contributed by atoms with Crippen LogP contribution in [0.1, 0.15) is 0 Å². The van der Waals surface area contributed by atoms with E-state index in [2.05, 4.69) is 4.99 Å². The summed E-state index contributed by atoms with van der Waals surface area (Å²) in [5, 5.41) is 0.764. The van der Waals surface area contributed by atoms with Crippen molar-refractivity contribution < 1.29 is 13.9 Å². The van der Waals surface area contributed by atoms with Crippen LogP contribution in [0.2, 0.25) is 10.0 Å². The molecule has 0 aromatic heterocycles. The van der Waals surface area contributed by atoms with Gasteiger partial charge in [-0.3, -0.25) is 0 Å². The number of halogens is 3. The van der Waals surface area contributed by atoms with Crippen molar-refractivity contribution in [2.45, 2.75) is 0 Å². The highest BCUT2D eigenvalue weighted by Crippen LogP contribution is 2.55. The van der Waals surface area contributed by atoms with E-state index in [1.165, 1.54) is 0 Å². The predicted molar refractivity (Wildman–Crippen MR) is 142 cm³/mol. The van der Waals surface area contributed by atoms with Gasteiger partial charge < -0.3 is 9.47 Å². The number of para-hydroxylation sites is 2. The van der Waals surface area contributed by atoms with E-state index >= 15 is 4.39 Å². The molecule has 0 unspecified atom stereocenters. The highest BCUT2D eigenvalue weighted by atomic mass is 35.5. The lowest BCUT2D eigenvalue weighted by atomic mass is 9.92. The molecule has 5 aromatic rings. The van der Waals surface area contributed by atoms with Crippen LogP contribution in [0.4, 0.5) is 15.8 Å². The van der Waals surface area contributed by atoms with Crippen LogP contribution in [0.5, 0.6) is 23.0 Å². The van der Waals surface area contributed by atoms with Crippen molar-refractivity contribution in [3.05, 3.63) is 118 Å². The number of ether oxygens (including phenoxy) is 2. The predicted octanol–water partition coefficient (Wildman–Crippen LogP) is 8.58. The summed E-state index contributed by atoms with van der Waals surface area (Å²) < 4.78 is 27.9. The highest BCUT2D eigenvalue weighted by Gasteiger charge is 2.31. The Morgan fingerprint density at radius 1 is 0.622 bits per heavy atom. The first-order chi connectivity index (χ1) is 18.1. The Kier molecular flexibility index (Phi) is 5.03. The van der Waals surface area contributed by atoms with Crippen LogP contribution >= 0.6 is 23.2 Å². The molecule has 7 heteroatoms. The number of hydrogen-bond acceptors (Lipinski definition) is 4. The molecule has 0 saturated carbocycles. The second-order valence-corrected chi connectivity index (χ2v) is 9.32. The highest BCUT2D eigenvalue weighted by molar-refractivity contribution is 6.46. The van der Waals surface area contributed by atoms with Gasteiger partial charge >= 0.3 is 0 Å². The zero-order chi connectivity index (χ0) is 25.1. The fraction of sp³-hybridized carbons (Fsp3) is 0. The van der Waals surface area contributed by atoms with Crippen molar-refractivity contribution in [2.24, 2.45) is 9.98 Å². The summed E-state index contributed by atoms with van der Waals surface area (Å²) in [6, 6.07) is 28.2. The van der Waals surface area contributed by atoms with E-state index in [4.69, 9.17) is 37.7 Å². The van der Waals surface area contributed by atoms with Gasteiger partial charge in [-0.05, 0) is 23.3 Å². The lowest BCUT2D eigenvalue weighted by Crippen LogP contribution is -2.23. The van der Waals surface area contributed by atoms with Crippen LogP contribution < -0.4 is 20.2 Å². The number of benzene rings is 5. The van der Waals surface area contributed by atoms with Gasteiger partial charge in [-0.25, -0.2) is 14.4 Å². The molecule has 178 valence electrons. The van der Waals surface area contributed by atoms with Gasteiger partial charge in [0.15, 0.2) is 28.8 Å². The standard InChI is InChI=1S/C30H15Cl2FN2O2/c31-24-22(16-9-3-1-4-10-16)23(17-11-5-2-6-12-17)28-30(25(24)32)37-29-19(35-28)15-21-27(26(29)33)34-18-13-7-8-14-20(18)36-21/h1-15H. The van der Waals surface area contributed by atoms with Crippen molar-refractivity contribution >= 4 is 34.6 Å². The smallest absolute Gasteiger partial charge is 0.197 e. The van der Waals surface area contributed by atoms with Crippen molar-refractivity contribution in [3.8, 4) is 45.3 Å². The molecule has 0 aliphatic carbocycles. The van der Waals surface area contributed by atoms with Crippen LogP contribution in [-0.4, -0.2) is 0 Å². The lowest BCUT2D eigenvalue weighted by molar-refractivity contribution is 0.411. The number of rotatable bonds is 2. The summed E-state index contributed by atoms with van der Waals surface area (Å²) in [7, 11) is 0. The summed E-state index contributed by atoms with van der Waals surface area (Å²) in [5.74, 6) is 0.223. The fourth-order valence-corrected chi connectivity index (χ4v) is 5.17. The van der Waals surface area contributed by atoms with Gasteiger partial charge in [0.2, 0.25) is 0 Å². The minimum atomic E-state index is -0.683. The first-order valence-corrected chi connectivity index (χ1v) is 12.3. The Balaban J connectivity index is 1.56. The molecule has 0 bridgehead atoms. The second kappa shape index (κ2) is 8.44. The monoisotopic (exact) mass is 524 g/mol. The minimum absolute atomic E-state index is 0.0440. The molecule has 7 rings (SSSR count).